The number of piperidine rings is 1. The molecule has 2 fully saturated rings. The normalized spacial score (nSPS) is 20.9. The Kier molecular flexibility index (Phi) is 6.63. The molecule has 0 radical (unpaired) electrons. The van der Waals surface area contributed by atoms with E-state index in [1.54, 1.807) is 35.2 Å². The third-order valence-electron chi connectivity index (χ3n) is 6.33. The Hall–Kier alpha value is -3.03. The fourth-order valence-electron chi connectivity index (χ4n) is 4.49. The van der Waals surface area contributed by atoms with Crippen LogP contribution in [0.3, 0.4) is 0 Å². The highest BCUT2D eigenvalue weighted by molar-refractivity contribution is 5.94. The number of benzene rings is 2. The van der Waals surface area contributed by atoms with Crippen molar-refractivity contribution in [2.45, 2.75) is 44.3 Å². The Morgan fingerprint density at radius 1 is 1.06 bits per heavy atom. The third-order valence-corrected chi connectivity index (χ3v) is 6.33. The summed E-state index contributed by atoms with van der Waals surface area (Å²) in [6.07, 6.45) is -2.77. The molecule has 0 bridgehead atoms. The first-order chi connectivity index (χ1) is 15.8. The van der Waals surface area contributed by atoms with Gasteiger partial charge in [0.05, 0.1) is 12.2 Å². The molecule has 2 aromatic rings. The van der Waals surface area contributed by atoms with E-state index in [-0.39, 0.29) is 23.4 Å². The molecule has 176 valence electrons. The zero-order chi connectivity index (χ0) is 23.6. The largest absolute Gasteiger partial charge is 0.494 e. The van der Waals surface area contributed by atoms with E-state index in [1.807, 2.05) is 6.92 Å². The minimum absolute atomic E-state index is 0.0613. The number of ether oxygens (including phenoxy) is 1. The molecule has 4 rings (SSSR count). The van der Waals surface area contributed by atoms with Gasteiger partial charge in [-0.25, -0.2) is 0 Å². The highest BCUT2D eigenvalue weighted by atomic mass is 19.4. The summed E-state index contributed by atoms with van der Waals surface area (Å²) in [5, 5.41) is 2.98. The molecule has 1 aliphatic carbocycles. The first-order valence-corrected chi connectivity index (χ1v) is 11.3. The Balaban J connectivity index is 1.28. The van der Waals surface area contributed by atoms with Crippen LogP contribution < -0.4 is 10.1 Å². The van der Waals surface area contributed by atoms with Crippen LogP contribution in [0.25, 0.3) is 0 Å². The molecule has 1 heterocycles. The lowest BCUT2D eigenvalue weighted by molar-refractivity contribution is -0.138. The van der Waals surface area contributed by atoms with Crippen LogP contribution in [0.4, 0.5) is 13.2 Å². The van der Waals surface area contributed by atoms with E-state index in [2.05, 4.69) is 5.32 Å². The van der Waals surface area contributed by atoms with Crippen LogP contribution in [0.15, 0.2) is 48.5 Å². The molecular weight excluding hydrogens is 433 g/mol. The lowest BCUT2D eigenvalue weighted by atomic mass is 10.0. The van der Waals surface area contributed by atoms with Gasteiger partial charge in [-0.05, 0) is 68.0 Å². The van der Waals surface area contributed by atoms with Gasteiger partial charge in [0, 0.05) is 30.6 Å². The van der Waals surface area contributed by atoms with Crippen molar-refractivity contribution < 1.29 is 27.5 Å². The van der Waals surface area contributed by atoms with Gasteiger partial charge in [-0.1, -0.05) is 18.2 Å². The van der Waals surface area contributed by atoms with Gasteiger partial charge in [0.25, 0.3) is 5.91 Å². The average molecular weight is 460 g/mol. The van der Waals surface area contributed by atoms with Crippen LogP contribution in [-0.2, 0) is 11.0 Å². The molecule has 2 unspecified atom stereocenters. The molecular formula is C25H27F3N2O3. The highest BCUT2D eigenvalue weighted by Gasteiger charge is 2.48. The Morgan fingerprint density at radius 3 is 2.36 bits per heavy atom. The van der Waals surface area contributed by atoms with Gasteiger partial charge in [-0.2, -0.15) is 13.2 Å². The second kappa shape index (κ2) is 9.45. The zero-order valence-electron chi connectivity index (χ0n) is 18.4. The van der Waals surface area contributed by atoms with Crippen molar-refractivity contribution in [1.29, 1.82) is 0 Å². The van der Waals surface area contributed by atoms with Gasteiger partial charge in [0.2, 0.25) is 5.91 Å². The van der Waals surface area contributed by atoms with Gasteiger partial charge in [0.15, 0.2) is 0 Å². The van der Waals surface area contributed by atoms with E-state index in [9.17, 15) is 22.8 Å². The monoisotopic (exact) mass is 460 g/mol. The van der Waals surface area contributed by atoms with E-state index >= 15 is 0 Å². The predicted molar refractivity (Wildman–Crippen MR) is 117 cm³/mol. The summed E-state index contributed by atoms with van der Waals surface area (Å²) in [5.74, 6) is -0.380. The molecule has 5 nitrogen and oxygen atoms in total. The number of carbonyl (C=O) groups excluding carboxylic acids is 2. The molecule has 0 spiro atoms. The summed E-state index contributed by atoms with van der Waals surface area (Å²) >= 11 is 0. The summed E-state index contributed by atoms with van der Waals surface area (Å²) < 4.78 is 45.2. The van der Waals surface area contributed by atoms with Gasteiger partial charge in [0.1, 0.15) is 5.75 Å². The summed E-state index contributed by atoms with van der Waals surface area (Å²) in [4.78, 5) is 27.2. The van der Waals surface area contributed by atoms with E-state index in [0.717, 1.165) is 6.07 Å². The maximum absolute atomic E-state index is 13.3. The lowest BCUT2D eigenvalue weighted by Crippen LogP contribution is -2.47. The first-order valence-electron chi connectivity index (χ1n) is 11.3. The van der Waals surface area contributed by atoms with Crippen molar-refractivity contribution in [2.75, 3.05) is 19.7 Å². The van der Waals surface area contributed by atoms with Gasteiger partial charge in [-0.3, -0.25) is 9.59 Å². The van der Waals surface area contributed by atoms with Crippen molar-refractivity contribution in [3.05, 3.63) is 65.2 Å². The number of likely N-dealkylation sites (tertiary alicyclic amines) is 1. The number of nitrogens with zero attached hydrogens (tertiary/aromatic N) is 1. The molecule has 33 heavy (non-hydrogen) atoms. The Labute approximate surface area is 190 Å². The van der Waals surface area contributed by atoms with Crippen molar-refractivity contribution in [3.63, 3.8) is 0 Å². The number of nitrogens with one attached hydrogen (secondary N) is 1. The topological polar surface area (TPSA) is 58.6 Å². The summed E-state index contributed by atoms with van der Waals surface area (Å²) in [6.45, 7) is 3.49. The fourth-order valence-corrected chi connectivity index (χ4v) is 4.49. The Bertz CT molecular complexity index is 999. The molecule has 1 N–H and O–H groups in total. The third kappa shape index (κ3) is 5.31. The molecule has 1 aliphatic heterocycles. The van der Waals surface area contributed by atoms with Gasteiger partial charge in [-0.15, -0.1) is 0 Å². The average Bonchev–Trinajstić information content (AvgIpc) is 3.60. The van der Waals surface area contributed by atoms with E-state index in [4.69, 9.17) is 4.74 Å². The van der Waals surface area contributed by atoms with Crippen molar-refractivity contribution >= 4 is 11.8 Å². The summed E-state index contributed by atoms with van der Waals surface area (Å²) in [6, 6.07) is 12.4. The van der Waals surface area contributed by atoms with E-state index in [0.29, 0.717) is 50.3 Å². The molecule has 2 aromatic carbocycles. The van der Waals surface area contributed by atoms with Crippen molar-refractivity contribution in [1.82, 2.24) is 10.2 Å². The fraction of sp³-hybridized carbons (Fsp3) is 0.440. The van der Waals surface area contributed by atoms with Crippen LogP contribution in [0.5, 0.6) is 5.75 Å². The molecule has 2 aliphatic rings. The number of alkyl halides is 3. The standard InChI is InChI=1S/C25H27F3N2O3/c1-2-33-18-9-7-16(8-10-18)24(32)30-13-11-17(12-14-30)29-23(31)21-15-20(21)19-5-3-4-6-22(19)25(26,27)28/h3-10,17,20-21H,2,11-15H2,1H3,(H,29,31). The second-order valence-electron chi connectivity index (χ2n) is 8.57. The molecule has 1 saturated carbocycles. The Morgan fingerprint density at radius 2 is 1.73 bits per heavy atom. The number of hydrogen-bond donors (Lipinski definition) is 1. The number of hydrogen-bond acceptors (Lipinski definition) is 3. The number of halogens is 3. The molecule has 8 heteroatoms. The minimum Gasteiger partial charge on any atom is -0.494 e. The number of carbonyl (C=O) groups is 2. The summed E-state index contributed by atoms with van der Waals surface area (Å²) in [5.41, 5.74) is 0.123. The molecule has 2 atom stereocenters. The van der Waals surface area contributed by atoms with Crippen LogP contribution in [0.1, 0.15) is 53.6 Å². The van der Waals surface area contributed by atoms with Crippen LogP contribution in [0.2, 0.25) is 0 Å². The number of amides is 2. The second-order valence-corrected chi connectivity index (χ2v) is 8.57. The first kappa shape index (κ1) is 23.1. The van der Waals surface area contributed by atoms with Crippen LogP contribution in [0, 0.1) is 5.92 Å². The maximum atomic E-state index is 13.3. The molecule has 0 aromatic heterocycles. The highest BCUT2D eigenvalue weighted by Crippen LogP contribution is 2.51. The van der Waals surface area contributed by atoms with Crippen LogP contribution >= 0.6 is 0 Å². The molecule has 1 saturated heterocycles. The van der Waals surface area contributed by atoms with Gasteiger partial charge >= 0.3 is 6.18 Å². The van der Waals surface area contributed by atoms with E-state index < -0.39 is 23.6 Å². The van der Waals surface area contributed by atoms with Crippen molar-refractivity contribution in [3.8, 4) is 5.75 Å². The lowest BCUT2D eigenvalue weighted by Gasteiger charge is -2.32. The maximum Gasteiger partial charge on any atom is 0.416 e. The molecule has 2 amide bonds. The predicted octanol–water partition coefficient (Wildman–Crippen LogP) is 4.63. The smallest absolute Gasteiger partial charge is 0.416 e. The minimum atomic E-state index is -4.43. The zero-order valence-corrected chi connectivity index (χ0v) is 18.4. The SMILES string of the molecule is CCOc1ccc(C(=O)N2CCC(NC(=O)C3CC3c3ccccc3C(F)(F)F)CC2)cc1. The van der Waals surface area contributed by atoms with Crippen molar-refractivity contribution in [2.24, 2.45) is 5.92 Å². The number of rotatable bonds is 6. The van der Waals surface area contributed by atoms with Gasteiger partial charge < -0.3 is 15.0 Å². The van der Waals surface area contributed by atoms with Crippen LogP contribution in [-0.4, -0.2) is 42.5 Å². The quantitative estimate of drug-likeness (QED) is 0.684. The van der Waals surface area contributed by atoms with E-state index in [1.165, 1.54) is 12.1 Å². The summed E-state index contributed by atoms with van der Waals surface area (Å²) in [7, 11) is 0.